The second-order valence-corrected chi connectivity index (χ2v) is 16.2. The normalized spacial score (nSPS) is 17.3. The van der Waals surface area contributed by atoms with E-state index in [1.54, 1.807) is 0 Å². The van der Waals surface area contributed by atoms with E-state index in [1.165, 1.54) is 94.3 Å². The molecule has 0 atom stereocenters. The molecule has 0 fully saturated rings. The molecule has 0 bridgehead atoms. The highest BCUT2D eigenvalue weighted by Crippen LogP contribution is 2.62. The summed E-state index contributed by atoms with van der Waals surface area (Å²) >= 11 is 0. The molecular weight excluding hydrogens is 603 g/mol. The van der Waals surface area contributed by atoms with Gasteiger partial charge in [0.1, 0.15) is 0 Å². The molecule has 6 aromatic carbocycles. The van der Waals surface area contributed by atoms with Gasteiger partial charge in [-0.2, -0.15) is 0 Å². The summed E-state index contributed by atoms with van der Waals surface area (Å²) in [6.45, 7) is 14.4. The van der Waals surface area contributed by atoms with Crippen molar-refractivity contribution in [2.45, 2.75) is 57.8 Å². The Hall–Kier alpha value is -5.40. The summed E-state index contributed by atoms with van der Waals surface area (Å²) < 4.78 is 2.43. The SMILES string of the molecule is CC1(C)C2=C(c3ccccc31)C(C)(C)c1cc(/C=C/c3ccc4c(c3)C(C)(C)c3cc(-n5c6ccccc6c6ccccc65)ccc3-4)ccc12. The topological polar surface area (TPSA) is 4.93 Å². The van der Waals surface area contributed by atoms with Crippen molar-refractivity contribution in [3.05, 3.63) is 172 Å². The summed E-state index contributed by atoms with van der Waals surface area (Å²) in [4.78, 5) is 0. The van der Waals surface area contributed by atoms with E-state index in [0.717, 1.165) is 0 Å². The van der Waals surface area contributed by atoms with E-state index in [1.807, 2.05) is 0 Å². The Balaban J connectivity index is 0.993. The first-order valence-corrected chi connectivity index (χ1v) is 18.0. The average Bonchev–Trinajstić information content (AvgIpc) is 3.75. The molecule has 0 radical (unpaired) electrons. The maximum absolute atomic E-state index is 2.44. The van der Waals surface area contributed by atoms with E-state index in [2.05, 4.69) is 186 Å². The first-order chi connectivity index (χ1) is 24.1. The molecule has 0 saturated heterocycles. The van der Waals surface area contributed by atoms with Crippen molar-refractivity contribution in [3.8, 4) is 16.8 Å². The van der Waals surface area contributed by atoms with Gasteiger partial charge in [-0.05, 0) is 91.0 Å². The summed E-state index contributed by atoms with van der Waals surface area (Å²) in [5.74, 6) is 0. The Kier molecular flexibility index (Phi) is 5.82. The van der Waals surface area contributed by atoms with Crippen LogP contribution in [0.5, 0.6) is 0 Å². The van der Waals surface area contributed by atoms with E-state index < -0.39 is 0 Å². The molecule has 0 N–H and O–H groups in total. The lowest BCUT2D eigenvalue weighted by molar-refractivity contribution is 0.659. The second-order valence-electron chi connectivity index (χ2n) is 16.2. The molecule has 50 heavy (non-hydrogen) atoms. The minimum absolute atomic E-state index is 0.00478. The zero-order valence-corrected chi connectivity index (χ0v) is 29.7. The quantitative estimate of drug-likeness (QED) is 0.169. The summed E-state index contributed by atoms with van der Waals surface area (Å²) in [6, 6.07) is 47.8. The number of aromatic nitrogens is 1. The molecule has 1 heterocycles. The minimum Gasteiger partial charge on any atom is -0.309 e. The molecule has 0 amide bonds. The third kappa shape index (κ3) is 3.78. The molecule has 3 aliphatic carbocycles. The number of rotatable bonds is 3. The highest BCUT2D eigenvalue weighted by atomic mass is 15.0. The Bertz CT molecular complexity index is 2610. The molecule has 3 aliphatic rings. The summed E-state index contributed by atoms with van der Waals surface area (Å²) in [5, 5.41) is 2.59. The van der Waals surface area contributed by atoms with E-state index in [4.69, 9.17) is 0 Å². The van der Waals surface area contributed by atoms with Crippen molar-refractivity contribution in [2.75, 3.05) is 0 Å². The van der Waals surface area contributed by atoms with Crippen LogP contribution >= 0.6 is 0 Å². The third-order valence-electron chi connectivity index (χ3n) is 12.3. The Labute approximate surface area is 295 Å². The van der Waals surface area contributed by atoms with Crippen molar-refractivity contribution >= 4 is 45.1 Å². The molecule has 0 unspecified atom stereocenters. The van der Waals surface area contributed by atoms with Crippen molar-refractivity contribution in [1.29, 1.82) is 0 Å². The average molecular weight is 644 g/mol. The monoisotopic (exact) mass is 643 g/mol. The minimum atomic E-state index is -0.115. The van der Waals surface area contributed by atoms with Gasteiger partial charge in [0.05, 0.1) is 11.0 Å². The van der Waals surface area contributed by atoms with Gasteiger partial charge in [-0.15, -0.1) is 0 Å². The lowest BCUT2D eigenvalue weighted by Gasteiger charge is -2.28. The van der Waals surface area contributed by atoms with Crippen LogP contribution in [0.25, 0.3) is 61.9 Å². The maximum atomic E-state index is 2.44. The van der Waals surface area contributed by atoms with Crippen LogP contribution in [0.2, 0.25) is 0 Å². The van der Waals surface area contributed by atoms with Crippen LogP contribution in [0.3, 0.4) is 0 Å². The van der Waals surface area contributed by atoms with Crippen molar-refractivity contribution in [1.82, 2.24) is 4.57 Å². The predicted octanol–water partition coefficient (Wildman–Crippen LogP) is 12.8. The van der Waals surface area contributed by atoms with Crippen LogP contribution in [-0.2, 0) is 16.2 Å². The zero-order valence-electron chi connectivity index (χ0n) is 29.7. The van der Waals surface area contributed by atoms with Gasteiger partial charge in [-0.1, -0.05) is 157 Å². The van der Waals surface area contributed by atoms with Crippen LogP contribution in [0.15, 0.2) is 127 Å². The Morgan fingerprint density at radius 2 is 0.860 bits per heavy atom. The largest absolute Gasteiger partial charge is 0.309 e. The fourth-order valence-electron chi connectivity index (χ4n) is 9.86. The number of nitrogens with zero attached hydrogens (tertiary/aromatic N) is 1. The van der Waals surface area contributed by atoms with Gasteiger partial charge in [-0.3, -0.25) is 0 Å². The first kappa shape index (κ1) is 29.5. The summed E-state index contributed by atoms with van der Waals surface area (Å²) in [6.07, 6.45) is 4.60. The molecule has 1 nitrogen and oxygen atoms in total. The highest BCUT2D eigenvalue weighted by molar-refractivity contribution is 6.10. The van der Waals surface area contributed by atoms with Gasteiger partial charge in [-0.25, -0.2) is 0 Å². The predicted molar refractivity (Wildman–Crippen MR) is 213 cm³/mol. The molecule has 1 heteroatoms. The standard InChI is InChI=1S/C49H41N/c1-47(2)40-27-30(19-20-31-22-25-38-41(28-31)49(5,6)45-37-15-7-10-16-39(37)48(3,4)46(38)45)21-24-33(40)34-26-23-32(29-42(34)47)50-43-17-11-8-13-35(43)36-14-9-12-18-44(36)50/h7-29H,1-6H3/b20-19+. The smallest absolute Gasteiger partial charge is 0.0541 e. The molecule has 0 spiro atoms. The van der Waals surface area contributed by atoms with Gasteiger partial charge in [0.2, 0.25) is 0 Å². The maximum Gasteiger partial charge on any atom is 0.0541 e. The summed E-state index contributed by atoms with van der Waals surface area (Å²) in [5.41, 5.74) is 20.3. The van der Waals surface area contributed by atoms with Crippen LogP contribution in [0.1, 0.15) is 86.1 Å². The van der Waals surface area contributed by atoms with E-state index in [-0.39, 0.29) is 16.2 Å². The Morgan fingerprint density at radius 1 is 0.400 bits per heavy atom. The molecule has 0 saturated carbocycles. The lowest BCUT2D eigenvalue weighted by Crippen LogP contribution is -2.19. The number of fused-ring (bicyclic) bond motifs is 10. The van der Waals surface area contributed by atoms with Crippen molar-refractivity contribution < 1.29 is 0 Å². The Morgan fingerprint density at radius 3 is 1.50 bits per heavy atom. The lowest BCUT2D eigenvalue weighted by atomic mass is 9.75. The van der Waals surface area contributed by atoms with Gasteiger partial charge >= 0.3 is 0 Å². The molecule has 0 aliphatic heterocycles. The van der Waals surface area contributed by atoms with Crippen molar-refractivity contribution in [3.63, 3.8) is 0 Å². The second kappa shape index (κ2) is 9.86. The van der Waals surface area contributed by atoms with Crippen LogP contribution in [0, 0.1) is 0 Å². The van der Waals surface area contributed by atoms with E-state index in [0.29, 0.717) is 0 Å². The fraction of sp³-hybridized carbons (Fsp3) is 0.184. The number of benzene rings is 6. The van der Waals surface area contributed by atoms with Gasteiger partial charge in [0.25, 0.3) is 0 Å². The van der Waals surface area contributed by atoms with Gasteiger partial charge in [0.15, 0.2) is 0 Å². The fourth-order valence-corrected chi connectivity index (χ4v) is 9.86. The molecule has 7 aromatic rings. The van der Waals surface area contributed by atoms with E-state index >= 15 is 0 Å². The molecular formula is C49H41N. The first-order valence-electron chi connectivity index (χ1n) is 18.0. The van der Waals surface area contributed by atoms with E-state index in [9.17, 15) is 0 Å². The van der Waals surface area contributed by atoms with Crippen LogP contribution < -0.4 is 0 Å². The van der Waals surface area contributed by atoms with Crippen LogP contribution in [-0.4, -0.2) is 4.57 Å². The highest BCUT2D eigenvalue weighted by Gasteiger charge is 2.49. The number of allylic oxidation sites excluding steroid dienone is 2. The number of hydrogen-bond acceptors (Lipinski definition) is 0. The van der Waals surface area contributed by atoms with Crippen LogP contribution in [0.4, 0.5) is 0 Å². The van der Waals surface area contributed by atoms with Gasteiger partial charge < -0.3 is 4.57 Å². The van der Waals surface area contributed by atoms with Gasteiger partial charge in [0, 0.05) is 32.7 Å². The summed E-state index contributed by atoms with van der Waals surface area (Å²) in [7, 11) is 0. The molecule has 1 aromatic heterocycles. The molecule has 242 valence electrons. The van der Waals surface area contributed by atoms with Crippen molar-refractivity contribution in [2.24, 2.45) is 0 Å². The third-order valence-corrected chi connectivity index (χ3v) is 12.3. The molecule has 10 rings (SSSR count). The zero-order chi connectivity index (χ0) is 34.2. The number of hydrogen-bond donors (Lipinski definition) is 0. The number of para-hydroxylation sites is 2.